The van der Waals surface area contributed by atoms with Crippen LogP contribution in [0.1, 0.15) is 36.1 Å². The Morgan fingerprint density at radius 2 is 1.47 bits per heavy atom. The van der Waals surface area contributed by atoms with Gasteiger partial charge in [0.2, 0.25) is 0 Å². The van der Waals surface area contributed by atoms with Crippen LogP contribution in [0.15, 0.2) is 42.5 Å². The van der Waals surface area contributed by atoms with Gasteiger partial charge in [-0.15, -0.1) is 0 Å². The maximum absolute atomic E-state index is 4.05. The molecule has 0 aromatic heterocycles. The Balaban J connectivity index is 1.76. The van der Waals surface area contributed by atoms with Gasteiger partial charge in [0, 0.05) is 4.83 Å². The minimum Gasteiger partial charge on any atom is -0.0835 e. The molecule has 19 heavy (non-hydrogen) atoms. The molecular weight excluding hydrogens is 296 g/mol. The first kappa shape index (κ1) is 12.0. The van der Waals surface area contributed by atoms with Gasteiger partial charge in [0.25, 0.3) is 0 Å². The molecule has 0 aliphatic heterocycles. The maximum atomic E-state index is 4.05. The highest BCUT2D eigenvalue weighted by Crippen LogP contribution is 2.57. The van der Waals surface area contributed by atoms with E-state index in [1.807, 2.05) is 0 Å². The summed E-state index contributed by atoms with van der Waals surface area (Å²) < 4.78 is 0. The zero-order chi connectivity index (χ0) is 12.8. The van der Waals surface area contributed by atoms with Crippen molar-refractivity contribution in [3.63, 3.8) is 0 Å². The van der Waals surface area contributed by atoms with Gasteiger partial charge in [0.15, 0.2) is 0 Å². The molecule has 0 N–H and O–H groups in total. The number of alkyl halides is 1. The fourth-order valence-electron chi connectivity index (χ4n) is 3.52. The third-order valence-corrected chi connectivity index (χ3v) is 5.89. The summed E-state index contributed by atoms with van der Waals surface area (Å²) in [5.41, 5.74) is 1.50. The lowest BCUT2D eigenvalue weighted by atomic mass is 9.88. The summed E-state index contributed by atoms with van der Waals surface area (Å²) in [5.74, 6) is 2.83. The second-order valence-corrected chi connectivity index (χ2v) is 7.21. The molecule has 2 aromatic carbocycles. The van der Waals surface area contributed by atoms with Gasteiger partial charge in [-0.3, -0.25) is 0 Å². The first-order valence-corrected chi connectivity index (χ1v) is 8.38. The van der Waals surface area contributed by atoms with E-state index < -0.39 is 0 Å². The summed E-state index contributed by atoms with van der Waals surface area (Å²) in [7, 11) is 0. The Morgan fingerprint density at radius 3 is 2.16 bits per heavy atom. The summed E-state index contributed by atoms with van der Waals surface area (Å²) in [6.07, 6.45) is 5.81. The van der Waals surface area contributed by atoms with Gasteiger partial charge in [0.05, 0.1) is 0 Å². The van der Waals surface area contributed by atoms with E-state index in [-0.39, 0.29) is 0 Å². The number of benzene rings is 2. The van der Waals surface area contributed by atoms with E-state index in [9.17, 15) is 0 Å². The molecule has 2 fully saturated rings. The number of hydrogen-bond donors (Lipinski definition) is 0. The van der Waals surface area contributed by atoms with Crippen molar-refractivity contribution in [2.75, 3.05) is 0 Å². The van der Waals surface area contributed by atoms with E-state index >= 15 is 0 Å². The molecular formula is C18H19Br. The Bertz CT molecular complexity index is 578. The average molecular weight is 315 g/mol. The quantitative estimate of drug-likeness (QED) is 0.634. The molecule has 0 spiro atoms. The van der Waals surface area contributed by atoms with Gasteiger partial charge in [-0.1, -0.05) is 58.4 Å². The molecule has 0 nitrogen and oxygen atoms in total. The summed E-state index contributed by atoms with van der Waals surface area (Å²) in [6, 6.07) is 15.5. The zero-order valence-corrected chi connectivity index (χ0v) is 12.6. The fourth-order valence-corrected chi connectivity index (χ4v) is 4.79. The van der Waals surface area contributed by atoms with Crippen LogP contribution in [-0.4, -0.2) is 0 Å². The van der Waals surface area contributed by atoms with Gasteiger partial charge in [-0.25, -0.2) is 0 Å². The second-order valence-electron chi connectivity index (χ2n) is 6.22. The Hall–Kier alpha value is -0.820. The van der Waals surface area contributed by atoms with E-state index in [0.29, 0.717) is 4.83 Å². The number of halogens is 1. The number of hydrogen-bond acceptors (Lipinski definition) is 0. The summed E-state index contributed by atoms with van der Waals surface area (Å²) in [4.78, 5) is 0.540. The van der Waals surface area contributed by atoms with Crippen molar-refractivity contribution < 1.29 is 0 Å². The minimum atomic E-state index is 0.540. The number of fused-ring (bicyclic) bond motifs is 1. The van der Waals surface area contributed by atoms with Crippen LogP contribution in [0.5, 0.6) is 0 Å². The van der Waals surface area contributed by atoms with Crippen LogP contribution >= 0.6 is 15.9 Å². The van der Waals surface area contributed by atoms with Gasteiger partial charge < -0.3 is 0 Å². The Morgan fingerprint density at radius 1 is 0.842 bits per heavy atom. The van der Waals surface area contributed by atoms with Crippen molar-refractivity contribution in [2.24, 2.45) is 17.8 Å². The van der Waals surface area contributed by atoms with Crippen molar-refractivity contribution in [3.05, 3.63) is 48.0 Å². The van der Waals surface area contributed by atoms with Gasteiger partial charge in [-0.05, 0) is 59.8 Å². The van der Waals surface area contributed by atoms with Gasteiger partial charge in [-0.2, -0.15) is 0 Å². The van der Waals surface area contributed by atoms with E-state index in [1.54, 1.807) is 0 Å². The lowest BCUT2D eigenvalue weighted by molar-refractivity contribution is 0.401. The highest BCUT2D eigenvalue weighted by atomic mass is 79.9. The van der Waals surface area contributed by atoms with E-state index in [4.69, 9.17) is 0 Å². The van der Waals surface area contributed by atoms with Gasteiger partial charge >= 0.3 is 0 Å². The predicted octanol–water partition coefficient (Wildman–Crippen LogP) is 5.71. The molecule has 1 unspecified atom stereocenters. The average Bonchev–Trinajstić information content (AvgIpc) is 3.32. The summed E-state index contributed by atoms with van der Waals surface area (Å²) >= 11 is 4.05. The molecule has 2 aromatic rings. The normalized spacial score (nSPS) is 20.9. The van der Waals surface area contributed by atoms with Crippen LogP contribution in [0, 0.1) is 17.8 Å². The first-order chi connectivity index (χ1) is 9.34. The second kappa shape index (κ2) is 4.63. The van der Waals surface area contributed by atoms with Crippen molar-refractivity contribution in [2.45, 2.75) is 30.5 Å². The molecule has 0 bridgehead atoms. The van der Waals surface area contributed by atoms with Crippen molar-refractivity contribution in [1.29, 1.82) is 0 Å². The molecule has 98 valence electrons. The van der Waals surface area contributed by atoms with Gasteiger partial charge in [0.1, 0.15) is 0 Å². The number of rotatable bonds is 4. The van der Waals surface area contributed by atoms with Crippen molar-refractivity contribution in [3.8, 4) is 0 Å². The van der Waals surface area contributed by atoms with Crippen molar-refractivity contribution >= 4 is 26.7 Å². The first-order valence-electron chi connectivity index (χ1n) is 7.46. The molecule has 0 heterocycles. The standard InChI is InChI=1S/C18H19Br/c19-18(17(13-8-9-13)14-10-11-14)16-7-3-5-12-4-1-2-6-15(12)16/h1-7,13-14,17-18H,8-11H2. The third-order valence-electron chi connectivity index (χ3n) is 4.79. The lowest BCUT2D eigenvalue weighted by Gasteiger charge is -2.24. The predicted molar refractivity (Wildman–Crippen MR) is 84.6 cm³/mol. The molecule has 0 amide bonds. The molecule has 1 heteroatoms. The Labute approximate surface area is 123 Å². The van der Waals surface area contributed by atoms with E-state index in [2.05, 4.69) is 58.4 Å². The van der Waals surface area contributed by atoms with Crippen LogP contribution in [0.2, 0.25) is 0 Å². The topological polar surface area (TPSA) is 0 Å². The lowest BCUT2D eigenvalue weighted by Crippen LogP contribution is -2.12. The molecule has 2 aliphatic carbocycles. The zero-order valence-electron chi connectivity index (χ0n) is 11.1. The molecule has 2 aliphatic rings. The Kier molecular flexibility index (Phi) is 2.91. The van der Waals surface area contributed by atoms with Crippen LogP contribution in [0.3, 0.4) is 0 Å². The summed E-state index contributed by atoms with van der Waals surface area (Å²) in [6.45, 7) is 0. The van der Waals surface area contributed by atoms with E-state index in [0.717, 1.165) is 17.8 Å². The largest absolute Gasteiger partial charge is 0.0835 e. The molecule has 2 saturated carbocycles. The van der Waals surface area contributed by atoms with Crippen LogP contribution in [0.4, 0.5) is 0 Å². The molecule has 0 radical (unpaired) electrons. The van der Waals surface area contributed by atoms with Crippen molar-refractivity contribution in [1.82, 2.24) is 0 Å². The van der Waals surface area contributed by atoms with Crippen LogP contribution < -0.4 is 0 Å². The third kappa shape index (κ3) is 2.23. The van der Waals surface area contributed by atoms with E-state index in [1.165, 1.54) is 42.0 Å². The molecule has 0 saturated heterocycles. The van der Waals surface area contributed by atoms with Crippen LogP contribution in [-0.2, 0) is 0 Å². The minimum absolute atomic E-state index is 0.540. The monoisotopic (exact) mass is 314 g/mol. The fraction of sp³-hybridized carbons (Fsp3) is 0.444. The van der Waals surface area contributed by atoms with Crippen LogP contribution in [0.25, 0.3) is 10.8 Å². The SMILES string of the molecule is BrC(c1cccc2ccccc12)C(C1CC1)C1CC1. The highest BCUT2D eigenvalue weighted by Gasteiger charge is 2.45. The summed E-state index contributed by atoms with van der Waals surface area (Å²) in [5, 5.41) is 2.80. The highest BCUT2D eigenvalue weighted by molar-refractivity contribution is 9.09. The smallest absolute Gasteiger partial charge is 0.0434 e. The molecule has 1 atom stereocenters. The maximum Gasteiger partial charge on any atom is 0.0434 e. The molecule has 4 rings (SSSR count).